The van der Waals surface area contributed by atoms with Crippen molar-refractivity contribution >= 4 is 5.97 Å². The van der Waals surface area contributed by atoms with Gasteiger partial charge in [-0.25, -0.2) is 0 Å². The van der Waals surface area contributed by atoms with Crippen LogP contribution in [0.3, 0.4) is 0 Å². The molecule has 0 bridgehead atoms. The minimum Gasteiger partial charge on any atom is -0.465 e. The third-order valence-corrected chi connectivity index (χ3v) is 3.53. The average molecular weight is 257 g/mol. The number of rotatable bonds is 7. The highest BCUT2D eigenvalue weighted by Crippen LogP contribution is 2.17. The Morgan fingerprint density at radius 2 is 2.28 bits per heavy atom. The van der Waals surface area contributed by atoms with Gasteiger partial charge in [0.05, 0.1) is 6.61 Å². The topological polar surface area (TPSA) is 58.8 Å². The molecular weight excluding hydrogens is 230 g/mol. The molecule has 5 heteroatoms. The Balaban J connectivity index is 2.32. The molecule has 1 saturated heterocycles. The van der Waals surface area contributed by atoms with Crippen LogP contribution in [0.2, 0.25) is 0 Å². The first-order valence-electron chi connectivity index (χ1n) is 6.93. The Morgan fingerprint density at radius 1 is 1.56 bits per heavy atom. The summed E-state index contributed by atoms with van der Waals surface area (Å²) >= 11 is 0. The van der Waals surface area contributed by atoms with E-state index in [4.69, 9.17) is 10.5 Å². The van der Waals surface area contributed by atoms with Crippen LogP contribution in [0.15, 0.2) is 0 Å². The van der Waals surface area contributed by atoms with Crippen molar-refractivity contribution in [2.24, 2.45) is 5.73 Å². The molecule has 0 radical (unpaired) electrons. The minimum absolute atomic E-state index is 0.303. The summed E-state index contributed by atoms with van der Waals surface area (Å²) < 4.78 is 4.92. The van der Waals surface area contributed by atoms with Crippen molar-refractivity contribution in [1.29, 1.82) is 0 Å². The highest BCUT2D eigenvalue weighted by molar-refractivity contribution is 5.75. The summed E-state index contributed by atoms with van der Waals surface area (Å²) in [4.78, 5) is 16.1. The fraction of sp³-hybridized carbons (Fsp3) is 0.923. The Hall–Kier alpha value is -0.650. The second-order valence-electron chi connectivity index (χ2n) is 5.00. The van der Waals surface area contributed by atoms with Crippen molar-refractivity contribution in [3.63, 3.8) is 0 Å². The van der Waals surface area contributed by atoms with Gasteiger partial charge >= 0.3 is 5.97 Å². The van der Waals surface area contributed by atoms with Crippen molar-refractivity contribution in [3.05, 3.63) is 0 Å². The van der Waals surface area contributed by atoms with E-state index in [2.05, 4.69) is 16.7 Å². The highest BCUT2D eigenvalue weighted by Gasteiger charge is 2.25. The number of carbonyl (C=O) groups is 1. The number of likely N-dealkylation sites (N-methyl/N-ethyl adjacent to an activating group) is 2. The number of ether oxygens (including phenoxy) is 1. The summed E-state index contributed by atoms with van der Waals surface area (Å²) in [6.45, 7) is 8.21. The molecule has 2 unspecified atom stereocenters. The van der Waals surface area contributed by atoms with Gasteiger partial charge in [0, 0.05) is 19.1 Å². The van der Waals surface area contributed by atoms with Gasteiger partial charge in [-0.15, -0.1) is 0 Å². The monoisotopic (exact) mass is 257 g/mol. The molecule has 1 rings (SSSR count). The van der Waals surface area contributed by atoms with E-state index in [9.17, 15) is 4.79 Å². The standard InChI is InChI=1S/C13H27N3O2/c1-4-16-8-6-7-11(16)9-15(3)10-12(14)13(17)18-5-2/h11-12H,4-10,14H2,1-3H3. The summed E-state index contributed by atoms with van der Waals surface area (Å²) in [5, 5.41) is 0. The Kier molecular flexibility index (Phi) is 6.60. The molecule has 0 aliphatic carbocycles. The smallest absolute Gasteiger partial charge is 0.324 e. The Morgan fingerprint density at radius 3 is 2.89 bits per heavy atom. The molecule has 5 nitrogen and oxygen atoms in total. The van der Waals surface area contributed by atoms with E-state index in [0.717, 1.165) is 13.1 Å². The Bertz CT molecular complexity index is 261. The highest BCUT2D eigenvalue weighted by atomic mass is 16.5. The lowest BCUT2D eigenvalue weighted by molar-refractivity contribution is -0.145. The molecule has 2 atom stereocenters. The Labute approximate surface area is 110 Å². The molecule has 1 fully saturated rings. The van der Waals surface area contributed by atoms with Crippen LogP contribution in [-0.4, -0.2) is 67.7 Å². The SMILES string of the molecule is CCOC(=O)C(N)CN(C)CC1CCCN1CC. The van der Waals surface area contributed by atoms with E-state index in [1.165, 1.54) is 19.4 Å². The van der Waals surface area contributed by atoms with Gasteiger partial charge in [-0.1, -0.05) is 6.92 Å². The van der Waals surface area contributed by atoms with Gasteiger partial charge in [-0.05, 0) is 39.9 Å². The minimum atomic E-state index is -0.536. The fourth-order valence-electron chi connectivity index (χ4n) is 2.61. The van der Waals surface area contributed by atoms with Crippen LogP contribution in [-0.2, 0) is 9.53 Å². The van der Waals surface area contributed by atoms with E-state index < -0.39 is 6.04 Å². The van der Waals surface area contributed by atoms with Crippen LogP contribution in [0.5, 0.6) is 0 Å². The van der Waals surface area contributed by atoms with Crippen LogP contribution in [0.25, 0.3) is 0 Å². The van der Waals surface area contributed by atoms with Crippen LogP contribution in [0.1, 0.15) is 26.7 Å². The van der Waals surface area contributed by atoms with Crippen molar-refractivity contribution in [2.45, 2.75) is 38.8 Å². The third-order valence-electron chi connectivity index (χ3n) is 3.53. The van der Waals surface area contributed by atoms with Gasteiger partial charge in [0.2, 0.25) is 0 Å². The summed E-state index contributed by atoms with van der Waals surface area (Å²) in [6, 6.07) is 0.0702. The maximum atomic E-state index is 11.5. The second-order valence-corrected chi connectivity index (χ2v) is 5.00. The van der Waals surface area contributed by atoms with Crippen LogP contribution < -0.4 is 5.73 Å². The molecule has 0 saturated carbocycles. The molecule has 2 N–H and O–H groups in total. The van der Waals surface area contributed by atoms with E-state index in [0.29, 0.717) is 19.2 Å². The van der Waals surface area contributed by atoms with Gasteiger partial charge in [0.1, 0.15) is 6.04 Å². The largest absolute Gasteiger partial charge is 0.465 e. The number of carbonyl (C=O) groups excluding carboxylic acids is 1. The second kappa shape index (κ2) is 7.71. The lowest BCUT2D eigenvalue weighted by Crippen LogP contribution is -2.46. The molecule has 0 aromatic rings. The van der Waals surface area contributed by atoms with Gasteiger partial charge in [0.25, 0.3) is 0 Å². The lowest BCUT2D eigenvalue weighted by Gasteiger charge is -2.28. The normalized spacial score (nSPS) is 22.4. The number of likely N-dealkylation sites (tertiary alicyclic amines) is 1. The molecule has 0 aromatic heterocycles. The first-order valence-corrected chi connectivity index (χ1v) is 6.93. The zero-order valence-corrected chi connectivity index (χ0v) is 11.9. The summed E-state index contributed by atoms with van der Waals surface area (Å²) in [7, 11) is 2.02. The zero-order chi connectivity index (χ0) is 13.5. The molecule has 18 heavy (non-hydrogen) atoms. The predicted octanol–water partition coefficient (Wildman–Crippen LogP) is 0.293. The van der Waals surface area contributed by atoms with Crippen molar-refractivity contribution in [1.82, 2.24) is 9.80 Å². The van der Waals surface area contributed by atoms with E-state index in [1.807, 2.05) is 7.05 Å². The number of hydrogen-bond acceptors (Lipinski definition) is 5. The van der Waals surface area contributed by atoms with Gasteiger partial charge in [-0.3, -0.25) is 9.69 Å². The molecular formula is C13H27N3O2. The molecule has 1 heterocycles. The number of esters is 1. The maximum Gasteiger partial charge on any atom is 0.324 e. The van der Waals surface area contributed by atoms with Gasteiger partial charge in [0.15, 0.2) is 0 Å². The van der Waals surface area contributed by atoms with Crippen LogP contribution in [0, 0.1) is 0 Å². The van der Waals surface area contributed by atoms with Crippen molar-refractivity contribution in [2.75, 3.05) is 39.8 Å². The molecule has 0 aromatic carbocycles. The predicted molar refractivity (Wildman–Crippen MR) is 72.4 cm³/mol. The first-order chi connectivity index (χ1) is 8.58. The molecule has 1 aliphatic rings. The van der Waals surface area contributed by atoms with E-state index in [1.54, 1.807) is 6.92 Å². The van der Waals surface area contributed by atoms with Crippen molar-refractivity contribution in [3.8, 4) is 0 Å². The third kappa shape index (κ3) is 4.55. The number of hydrogen-bond donors (Lipinski definition) is 1. The van der Waals surface area contributed by atoms with Crippen LogP contribution in [0.4, 0.5) is 0 Å². The summed E-state index contributed by atoms with van der Waals surface area (Å²) in [5.41, 5.74) is 5.82. The van der Waals surface area contributed by atoms with Gasteiger partial charge in [-0.2, -0.15) is 0 Å². The lowest BCUT2D eigenvalue weighted by atomic mass is 10.2. The molecule has 0 amide bonds. The fourth-order valence-corrected chi connectivity index (χ4v) is 2.61. The van der Waals surface area contributed by atoms with Crippen molar-refractivity contribution < 1.29 is 9.53 Å². The van der Waals surface area contributed by atoms with Crippen LogP contribution >= 0.6 is 0 Å². The quantitative estimate of drug-likeness (QED) is 0.665. The average Bonchev–Trinajstić information content (AvgIpc) is 2.76. The first kappa shape index (κ1) is 15.4. The molecule has 0 spiro atoms. The number of nitrogens with two attached hydrogens (primary N) is 1. The molecule has 106 valence electrons. The number of nitrogens with zero attached hydrogens (tertiary/aromatic N) is 2. The van der Waals surface area contributed by atoms with E-state index >= 15 is 0 Å². The zero-order valence-electron chi connectivity index (χ0n) is 11.9. The van der Waals surface area contributed by atoms with E-state index in [-0.39, 0.29) is 5.97 Å². The summed E-state index contributed by atoms with van der Waals surface area (Å²) in [6.07, 6.45) is 2.52. The molecule has 1 aliphatic heterocycles. The maximum absolute atomic E-state index is 11.5. The summed E-state index contributed by atoms with van der Waals surface area (Å²) in [5.74, 6) is -0.303. The van der Waals surface area contributed by atoms with Gasteiger partial charge < -0.3 is 15.4 Å².